The first-order valence-electron chi connectivity index (χ1n) is 6.38. The molecule has 76 valence electrons. The monoisotopic (exact) mass is 195 g/mol. The smallest absolute Gasteiger partial charge is 0.161 e. The van der Waals surface area contributed by atoms with Gasteiger partial charge in [-0.1, -0.05) is 0 Å². The molecule has 0 atom stereocenters. The van der Waals surface area contributed by atoms with Gasteiger partial charge in [-0.2, -0.15) is 0 Å². The Kier molecular flexibility index (Phi) is 1.77. The lowest BCUT2D eigenvalue weighted by Crippen LogP contribution is -2.04. The Bertz CT molecular complexity index is 413. The van der Waals surface area contributed by atoms with Gasteiger partial charge in [0.25, 0.3) is 0 Å². The zero-order chi connectivity index (χ0) is 12.5. The molecule has 0 fully saturated rings. The SMILES string of the molecule is [2H]C([2H])([2H])Oc1cc2c(cc1OC)CCCC2. The second-order valence-corrected chi connectivity index (χ2v) is 3.58. The first-order valence-corrected chi connectivity index (χ1v) is 4.88. The Balaban J connectivity index is 2.36. The summed E-state index contributed by atoms with van der Waals surface area (Å²) in [5, 5.41) is 0. The molecule has 0 aliphatic heterocycles. The van der Waals surface area contributed by atoms with Crippen molar-refractivity contribution in [3.63, 3.8) is 0 Å². The molecule has 0 heterocycles. The lowest BCUT2D eigenvalue weighted by Gasteiger charge is -2.18. The lowest BCUT2D eigenvalue weighted by molar-refractivity contribution is 0.353. The van der Waals surface area contributed by atoms with Crippen LogP contribution in [0.5, 0.6) is 11.5 Å². The lowest BCUT2D eigenvalue weighted by atomic mass is 9.91. The van der Waals surface area contributed by atoms with Crippen LogP contribution in [0.25, 0.3) is 0 Å². The zero-order valence-corrected chi connectivity index (χ0v) is 8.30. The highest BCUT2D eigenvalue weighted by molar-refractivity contribution is 5.48. The molecule has 1 aliphatic carbocycles. The van der Waals surface area contributed by atoms with Crippen LogP contribution in [0.4, 0.5) is 0 Å². The van der Waals surface area contributed by atoms with Gasteiger partial charge in [-0.05, 0) is 48.9 Å². The van der Waals surface area contributed by atoms with Gasteiger partial charge in [0.05, 0.1) is 18.3 Å². The van der Waals surface area contributed by atoms with E-state index in [1.54, 1.807) is 6.07 Å². The van der Waals surface area contributed by atoms with Crippen molar-refractivity contribution in [2.45, 2.75) is 25.7 Å². The molecule has 0 aromatic heterocycles. The summed E-state index contributed by atoms with van der Waals surface area (Å²) in [5.74, 6) is 0.815. The van der Waals surface area contributed by atoms with Crippen molar-refractivity contribution >= 4 is 0 Å². The molecule has 2 nitrogen and oxygen atoms in total. The molecule has 2 rings (SSSR count). The number of methoxy groups -OCH3 is 2. The van der Waals surface area contributed by atoms with E-state index in [4.69, 9.17) is 13.6 Å². The summed E-state index contributed by atoms with van der Waals surface area (Å²) in [6.07, 6.45) is 4.33. The molecule has 0 N–H and O–H groups in total. The van der Waals surface area contributed by atoms with Gasteiger partial charge in [0.2, 0.25) is 0 Å². The van der Waals surface area contributed by atoms with Crippen LogP contribution in [-0.2, 0) is 12.8 Å². The topological polar surface area (TPSA) is 18.5 Å². The molecule has 1 aromatic carbocycles. The second-order valence-electron chi connectivity index (χ2n) is 3.58. The quantitative estimate of drug-likeness (QED) is 0.722. The molecule has 2 heteroatoms. The molecule has 0 radical (unpaired) electrons. The van der Waals surface area contributed by atoms with Gasteiger partial charge in [0.1, 0.15) is 0 Å². The van der Waals surface area contributed by atoms with Crippen molar-refractivity contribution in [1.82, 2.24) is 0 Å². The van der Waals surface area contributed by atoms with Crippen LogP contribution in [0.3, 0.4) is 0 Å². The maximum absolute atomic E-state index is 7.14. The molecule has 0 saturated heterocycles. The van der Waals surface area contributed by atoms with Crippen LogP contribution < -0.4 is 9.47 Å². The summed E-state index contributed by atoms with van der Waals surface area (Å²) >= 11 is 0. The maximum Gasteiger partial charge on any atom is 0.161 e. The molecule has 0 unspecified atom stereocenters. The van der Waals surface area contributed by atoms with E-state index in [1.165, 1.54) is 24.7 Å². The minimum atomic E-state index is -2.43. The summed E-state index contributed by atoms with van der Waals surface area (Å²) in [4.78, 5) is 0. The molecule has 0 amide bonds. The highest BCUT2D eigenvalue weighted by Crippen LogP contribution is 2.33. The van der Waals surface area contributed by atoms with Crippen molar-refractivity contribution in [3.05, 3.63) is 23.3 Å². The number of fused-ring (bicyclic) bond motifs is 1. The van der Waals surface area contributed by atoms with E-state index >= 15 is 0 Å². The molecule has 14 heavy (non-hydrogen) atoms. The van der Waals surface area contributed by atoms with Crippen molar-refractivity contribution in [3.8, 4) is 11.5 Å². The van der Waals surface area contributed by atoms with Crippen LogP contribution >= 0.6 is 0 Å². The fraction of sp³-hybridized carbons (Fsp3) is 0.500. The van der Waals surface area contributed by atoms with Gasteiger partial charge in [-0.25, -0.2) is 0 Å². The van der Waals surface area contributed by atoms with Crippen LogP contribution in [-0.4, -0.2) is 14.1 Å². The fourth-order valence-corrected chi connectivity index (χ4v) is 1.98. The standard InChI is InChI=1S/C12H16O2/c1-13-11-7-9-5-3-4-6-10(9)8-12(11)14-2/h7-8H,3-6H2,1-2H3/i1D3. The minimum absolute atomic E-state index is 0.313. The molecule has 1 aromatic rings. The van der Waals surface area contributed by atoms with Crippen LogP contribution in [0, 0.1) is 0 Å². The Labute approximate surface area is 89.1 Å². The highest BCUT2D eigenvalue weighted by Gasteiger charge is 2.13. The summed E-state index contributed by atoms with van der Waals surface area (Å²) in [7, 11) is -0.910. The first kappa shape index (κ1) is 6.33. The number of hydrogen-bond acceptors (Lipinski definition) is 2. The normalized spacial score (nSPS) is 18.8. The summed E-state index contributed by atoms with van der Waals surface area (Å²) in [6, 6.07) is 3.70. The van der Waals surface area contributed by atoms with Crippen LogP contribution in [0.15, 0.2) is 12.1 Å². The predicted molar refractivity (Wildman–Crippen MR) is 56.2 cm³/mol. The molecule has 1 aliphatic rings. The number of benzene rings is 1. The van der Waals surface area contributed by atoms with E-state index in [0.29, 0.717) is 11.5 Å². The molecule has 0 spiro atoms. The summed E-state index contributed by atoms with van der Waals surface area (Å²) in [5.41, 5.74) is 2.42. The minimum Gasteiger partial charge on any atom is -0.493 e. The van der Waals surface area contributed by atoms with E-state index in [2.05, 4.69) is 0 Å². The van der Waals surface area contributed by atoms with Crippen LogP contribution in [0.2, 0.25) is 0 Å². The molecular weight excluding hydrogens is 176 g/mol. The van der Waals surface area contributed by atoms with E-state index in [0.717, 1.165) is 19.3 Å². The Morgan fingerprint density at radius 1 is 1.07 bits per heavy atom. The third kappa shape index (κ3) is 1.57. The number of ether oxygens (including phenoxy) is 2. The third-order valence-corrected chi connectivity index (χ3v) is 2.74. The van der Waals surface area contributed by atoms with Crippen molar-refractivity contribution in [1.29, 1.82) is 0 Å². The number of rotatable bonds is 2. The average molecular weight is 195 g/mol. The second kappa shape index (κ2) is 3.91. The third-order valence-electron chi connectivity index (χ3n) is 2.74. The van der Waals surface area contributed by atoms with Crippen LogP contribution in [0.1, 0.15) is 28.1 Å². The Hall–Kier alpha value is -1.18. The molecule has 0 bridgehead atoms. The Morgan fingerprint density at radius 2 is 1.64 bits per heavy atom. The van der Waals surface area contributed by atoms with Gasteiger partial charge in [-0.3, -0.25) is 0 Å². The molecular formula is C12H16O2. The predicted octanol–water partition coefficient (Wildman–Crippen LogP) is 2.58. The van der Waals surface area contributed by atoms with Gasteiger partial charge in [-0.15, -0.1) is 0 Å². The van der Waals surface area contributed by atoms with Gasteiger partial charge >= 0.3 is 0 Å². The van der Waals surface area contributed by atoms with E-state index in [9.17, 15) is 0 Å². The van der Waals surface area contributed by atoms with Gasteiger partial charge in [0.15, 0.2) is 11.5 Å². The van der Waals surface area contributed by atoms with E-state index in [-0.39, 0.29) is 0 Å². The highest BCUT2D eigenvalue weighted by atomic mass is 16.5. The fourth-order valence-electron chi connectivity index (χ4n) is 1.98. The first-order chi connectivity index (χ1) is 7.99. The maximum atomic E-state index is 7.14. The summed E-state index contributed by atoms with van der Waals surface area (Å²) < 4.78 is 31.6. The Morgan fingerprint density at radius 3 is 2.14 bits per heavy atom. The van der Waals surface area contributed by atoms with Crippen molar-refractivity contribution in [2.24, 2.45) is 0 Å². The van der Waals surface area contributed by atoms with Crippen molar-refractivity contribution in [2.75, 3.05) is 14.1 Å². The number of hydrogen-bond donors (Lipinski definition) is 0. The summed E-state index contributed by atoms with van der Waals surface area (Å²) in [6.45, 7) is 0. The average Bonchev–Trinajstić information content (AvgIpc) is 2.26. The van der Waals surface area contributed by atoms with Gasteiger partial charge in [0, 0.05) is 0 Å². The molecule has 0 saturated carbocycles. The largest absolute Gasteiger partial charge is 0.493 e. The zero-order valence-electron chi connectivity index (χ0n) is 11.3. The van der Waals surface area contributed by atoms with E-state index < -0.39 is 7.04 Å². The number of aryl methyl sites for hydroxylation is 2. The van der Waals surface area contributed by atoms with Gasteiger partial charge < -0.3 is 9.47 Å². The van der Waals surface area contributed by atoms with E-state index in [1.807, 2.05) is 6.07 Å². The van der Waals surface area contributed by atoms with Crippen molar-refractivity contribution < 1.29 is 13.6 Å².